The van der Waals surface area contributed by atoms with Crippen molar-refractivity contribution >= 4 is 16.1 Å². The molecule has 0 saturated heterocycles. The molecule has 0 heterocycles. The van der Waals surface area contributed by atoms with Crippen LogP contribution in [0.2, 0.25) is 0 Å². The molecule has 0 aromatic heterocycles. The minimum absolute atomic E-state index is 0. The molecule has 0 radical (unpaired) electrons. The molecule has 0 amide bonds. The number of rotatable bonds is 4. The van der Waals surface area contributed by atoms with Gasteiger partial charge in [0.1, 0.15) is 0 Å². The van der Waals surface area contributed by atoms with E-state index in [9.17, 15) is 17.8 Å². The van der Waals surface area contributed by atoms with Crippen LogP contribution in [0.1, 0.15) is 13.8 Å². The van der Waals surface area contributed by atoms with E-state index in [0.717, 1.165) is 12.2 Å². The molecule has 5 nitrogen and oxygen atoms in total. The van der Waals surface area contributed by atoms with E-state index in [-0.39, 0.29) is 35.5 Å². The third-order valence-corrected chi connectivity index (χ3v) is 1.80. The fourth-order valence-electron chi connectivity index (χ4n) is 0.581. The van der Waals surface area contributed by atoms with Crippen LogP contribution >= 0.6 is 0 Å². The zero-order valence-electron chi connectivity index (χ0n) is 8.89. The summed E-state index contributed by atoms with van der Waals surface area (Å²) >= 11 is 0. The minimum Gasteiger partial charge on any atom is -0.742 e. The van der Waals surface area contributed by atoms with E-state index >= 15 is 0 Å². The van der Waals surface area contributed by atoms with Gasteiger partial charge in [-0.3, -0.25) is 0 Å². The molecule has 0 saturated carbocycles. The molecule has 0 bridgehead atoms. The maximum atomic E-state index is 10.7. The third-order valence-electron chi connectivity index (χ3n) is 1.08. The van der Waals surface area contributed by atoms with Gasteiger partial charge in [-0.25, -0.2) is 13.2 Å². The van der Waals surface area contributed by atoms with E-state index in [0.29, 0.717) is 0 Å². The standard InChI is InChI=1S/C8H12O5S.Na/c1-4-7(9)13-8(5-6(2)3)14(10,11)12;/h4-6H,1H2,2-3H3,(H,10,11,12);/q;+1/p-1. The number of hydrogen-bond donors (Lipinski definition) is 0. The Hall–Kier alpha value is -0.140. The summed E-state index contributed by atoms with van der Waals surface area (Å²) in [5, 5.41) is -0.877. The summed E-state index contributed by atoms with van der Waals surface area (Å²) in [6.45, 7) is 6.37. The molecule has 0 N–H and O–H groups in total. The molecular weight excluding hydrogens is 231 g/mol. The van der Waals surface area contributed by atoms with Crippen LogP contribution in [-0.4, -0.2) is 18.9 Å². The summed E-state index contributed by atoms with van der Waals surface area (Å²) in [4.78, 5) is 10.7. The average molecular weight is 242 g/mol. The van der Waals surface area contributed by atoms with Crippen molar-refractivity contribution in [2.75, 3.05) is 0 Å². The van der Waals surface area contributed by atoms with Crippen LogP contribution in [0.5, 0.6) is 0 Å². The number of ether oxygens (including phenoxy) is 1. The van der Waals surface area contributed by atoms with Gasteiger partial charge < -0.3 is 9.29 Å². The van der Waals surface area contributed by atoms with Gasteiger partial charge in [-0.1, -0.05) is 20.4 Å². The largest absolute Gasteiger partial charge is 1.00 e. The predicted molar refractivity (Wildman–Crippen MR) is 48.9 cm³/mol. The van der Waals surface area contributed by atoms with E-state index in [1.54, 1.807) is 13.8 Å². The number of carbonyl (C=O) groups is 1. The second kappa shape index (κ2) is 7.19. The Morgan fingerprint density at radius 1 is 1.47 bits per heavy atom. The minimum atomic E-state index is -4.74. The molecule has 80 valence electrons. The second-order valence-electron chi connectivity index (χ2n) is 2.81. The van der Waals surface area contributed by atoms with Gasteiger partial charge in [-0.05, 0) is 12.0 Å². The Bertz CT molecular complexity index is 355. The summed E-state index contributed by atoms with van der Waals surface area (Å²) in [6, 6.07) is 0. The maximum Gasteiger partial charge on any atom is 1.00 e. The van der Waals surface area contributed by atoms with Crippen LogP contribution in [0.25, 0.3) is 0 Å². The van der Waals surface area contributed by atoms with Crippen molar-refractivity contribution in [1.29, 1.82) is 0 Å². The van der Waals surface area contributed by atoms with Crippen molar-refractivity contribution in [1.82, 2.24) is 0 Å². The van der Waals surface area contributed by atoms with Crippen molar-refractivity contribution in [3.05, 3.63) is 23.8 Å². The number of carbonyl (C=O) groups excluding carboxylic acids is 1. The van der Waals surface area contributed by atoms with Crippen LogP contribution in [-0.2, 0) is 19.6 Å². The van der Waals surface area contributed by atoms with Gasteiger partial charge in [0, 0.05) is 6.08 Å². The summed E-state index contributed by atoms with van der Waals surface area (Å²) in [5.74, 6) is -1.19. The van der Waals surface area contributed by atoms with Gasteiger partial charge in [0.25, 0.3) is 0 Å². The molecule has 0 unspecified atom stereocenters. The molecule has 0 atom stereocenters. The monoisotopic (exact) mass is 242 g/mol. The van der Waals surface area contributed by atoms with Gasteiger partial charge >= 0.3 is 35.5 Å². The van der Waals surface area contributed by atoms with Gasteiger partial charge in [-0.2, -0.15) is 0 Å². The maximum absolute atomic E-state index is 10.7. The van der Waals surface area contributed by atoms with Crippen molar-refractivity contribution in [3.63, 3.8) is 0 Å². The summed E-state index contributed by atoms with van der Waals surface area (Å²) in [7, 11) is -4.74. The Balaban J connectivity index is 0. The molecule has 0 spiro atoms. The Labute approximate surface area is 111 Å². The fraction of sp³-hybridized carbons (Fsp3) is 0.375. The van der Waals surface area contributed by atoms with Crippen LogP contribution in [0.15, 0.2) is 23.8 Å². The van der Waals surface area contributed by atoms with E-state index in [4.69, 9.17) is 0 Å². The predicted octanol–water partition coefficient (Wildman–Crippen LogP) is -2.24. The van der Waals surface area contributed by atoms with E-state index in [1.165, 1.54) is 0 Å². The number of hydrogen-bond acceptors (Lipinski definition) is 5. The van der Waals surface area contributed by atoms with Crippen molar-refractivity contribution in [3.8, 4) is 0 Å². The van der Waals surface area contributed by atoms with E-state index < -0.39 is 21.2 Å². The first-order chi connectivity index (χ1) is 6.27. The zero-order valence-corrected chi connectivity index (χ0v) is 11.7. The Kier molecular flexibility index (Phi) is 8.27. The van der Waals surface area contributed by atoms with E-state index in [2.05, 4.69) is 11.3 Å². The van der Waals surface area contributed by atoms with Gasteiger partial charge in [0.2, 0.25) is 5.09 Å². The molecular formula is C8H11NaO5S. The Morgan fingerprint density at radius 3 is 2.20 bits per heavy atom. The normalized spacial score (nSPS) is 11.9. The van der Waals surface area contributed by atoms with E-state index in [1.807, 2.05) is 0 Å². The summed E-state index contributed by atoms with van der Waals surface area (Å²) < 4.78 is 36.0. The molecule has 0 aliphatic heterocycles. The van der Waals surface area contributed by atoms with Crippen LogP contribution in [0.4, 0.5) is 0 Å². The van der Waals surface area contributed by atoms with Gasteiger partial charge in [0.15, 0.2) is 10.1 Å². The van der Waals surface area contributed by atoms with Crippen LogP contribution in [0.3, 0.4) is 0 Å². The first kappa shape index (κ1) is 17.3. The third kappa shape index (κ3) is 7.75. The first-order valence-corrected chi connectivity index (χ1v) is 5.20. The molecule has 0 aromatic rings. The second-order valence-corrected chi connectivity index (χ2v) is 4.12. The molecule has 0 rings (SSSR count). The average Bonchev–Trinajstić information content (AvgIpc) is 2.00. The van der Waals surface area contributed by atoms with Crippen molar-refractivity contribution in [2.24, 2.45) is 5.92 Å². The molecule has 0 aliphatic carbocycles. The molecule has 0 aliphatic rings. The molecule has 7 heteroatoms. The topological polar surface area (TPSA) is 83.5 Å². The zero-order chi connectivity index (χ0) is 11.4. The number of allylic oxidation sites excluding steroid dienone is 1. The summed E-state index contributed by atoms with van der Waals surface area (Å²) in [5.41, 5.74) is 0. The van der Waals surface area contributed by atoms with Crippen molar-refractivity contribution < 1.29 is 52.1 Å². The number of esters is 1. The summed E-state index contributed by atoms with van der Waals surface area (Å²) in [6.07, 6.45) is 1.84. The quantitative estimate of drug-likeness (QED) is 0.183. The van der Waals surface area contributed by atoms with Gasteiger partial charge in [-0.15, -0.1) is 0 Å². The van der Waals surface area contributed by atoms with Crippen LogP contribution in [0, 0.1) is 5.92 Å². The fourth-order valence-corrected chi connectivity index (χ4v) is 1.20. The molecule has 0 aromatic carbocycles. The van der Waals surface area contributed by atoms with Crippen molar-refractivity contribution in [2.45, 2.75) is 13.8 Å². The molecule has 15 heavy (non-hydrogen) atoms. The van der Waals surface area contributed by atoms with Crippen LogP contribution < -0.4 is 29.6 Å². The molecule has 0 fully saturated rings. The first-order valence-electron chi connectivity index (χ1n) is 3.79. The van der Waals surface area contributed by atoms with Gasteiger partial charge in [0.05, 0.1) is 0 Å². The Morgan fingerprint density at radius 2 is 1.93 bits per heavy atom. The SMILES string of the molecule is C=CC(=O)OC(=CC(C)C)S(=O)(=O)[O-].[Na+]. The smallest absolute Gasteiger partial charge is 0.742 e.